The van der Waals surface area contributed by atoms with Gasteiger partial charge >= 0.3 is 6.09 Å². The van der Waals surface area contributed by atoms with Crippen molar-refractivity contribution in [2.45, 2.75) is 12.8 Å². The summed E-state index contributed by atoms with van der Waals surface area (Å²) in [5.41, 5.74) is 0. The summed E-state index contributed by atoms with van der Waals surface area (Å²) in [5.74, 6) is 1.02. The molecule has 1 aliphatic rings. The number of carboxylic acid groups (broad SMARTS) is 1. The van der Waals surface area contributed by atoms with Crippen LogP contribution in [0.1, 0.15) is 12.8 Å². The van der Waals surface area contributed by atoms with Gasteiger partial charge in [0.25, 0.3) is 0 Å². The van der Waals surface area contributed by atoms with E-state index in [4.69, 9.17) is 5.11 Å². The van der Waals surface area contributed by atoms with Crippen molar-refractivity contribution < 1.29 is 9.90 Å². The van der Waals surface area contributed by atoms with E-state index in [1.54, 1.807) is 18.3 Å². The van der Waals surface area contributed by atoms with Crippen LogP contribution in [0.15, 0.2) is 22.8 Å². The van der Waals surface area contributed by atoms with Crippen LogP contribution in [0.2, 0.25) is 0 Å². The number of halogens is 1. The first-order valence-corrected chi connectivity index (χ1v) is 5.58. The third-order valence-electron chi connectivity index (χ3n) is 2.36. The molecule has 0 bridgehead atoms. The topological polar surface area (TPSA) is 53.4 Å². The average Bonchev–Trinajstić information content (AvgIpc) is 2.99. The van der Waals surface area contributed by atoms with Crippen LogP contribution >= 0.6 is 15.9 Å². The Morgan fingerprint density at radius 1 is 1.60 bits per heavy atom. The summed E-state index contributed by atoms with van der Waals surface area (Å²) < 4.78 is 0.850. The third kappa shape index (κ3) is 2.68. The average molecular weight is 271 g/mol. The highest BCUT2D eigenvalue weighted by Crippen LogP contribution is 2.31. The minimum Gasteiger partial charge on any atom is -0.465 e. The molecular formula is C10H11BrN2O2. The van der Waals surface area contributed by atoms with E-state index in [0.29, 0.717) is 18.3 Å². The maximum atomic E-state index is 11.0. The van der Waals surface area contributed by atoms with Crippen molar-refractivity contribution in [3.63, 3.8) is 0 Å². The molecule has 0 spiro atoms. The molecule has 4 nitrogen and oxygen atoms in total. The number of hydrogen-bond donors (Lipinski definition) is 1. The van der Waals surface area contributed by atoms with Gasteiger partial charge in [-0.15, -0.1) is 0 Å². The third-order valence-corrected chi connectivity index (χ3v) is 2.83. The smallest absolute Gasteiger partial charge is 0.413 e. The predicted octanol–water partition coefficient (Wildman–Crippen LogP) is 2.74. The number of hydrogen-bond acceptors (Lipinski definition) is 2. The van der Waals surface area contributed by atoms with Crippen LogP contribution in [-0.2, 0) is 0 Å². The number of aromatic nitrogens is 1. The molecule has 0 unspecified atom stereocenters. The molecule has 1 saturated carbocycles. The van der Waals surface area contributed by atoms with E-state index in [1.165, 1.54) is 4.90 Å². The quantitative estimate of drug-likeness (QED) is 0.919. The number of amides is 1. The normalized spacial score (nSPS) is 15.0. The summed E-state index contributed by atoms with van der Waals surface area (Å²) in [4.78, 5) is 16.4. The molecule has 2 rings (SSSR count). The van der Waals surface area contributed by atoms with E-state index in [2.05, 4.69) is 20.9 Å². The maximum absolute atomic E-state index is 11.0. The summed E-state index contributed by atoms with van der Waals surface area (Å²) in [7, 11) is 0. The first kappa shape index (κ1) is 10.4. The molecule has 1 N–H and O–H groups in total. The van der Waals surface area contributed by atoms with E-state index >= 15 is 0 Å². The van der Waals surface area contributed by atoms with E-state index in [9.17, 15) is 4.79 Å². The Morgan fingerprint density at radius 3 is 2.80 bits per heavy atom. The Labute approximate surface area is 96.1 Å². The summed E-state index contributed by atoms with van der Waals surface area (Å²) in [6.07, 6.45) is 2.93. The van der Waals surface area contributed by atoms with Crippen LogP contribution in [-0.4, -0.2) is 22.7 Å². The highest BCUT2D eigenvalue weighted by molar-refractivity contribution is 9.10. The van der Waals surface area contributed by atoms with E-state index in [-0.39, 0.29) is 0 Å². The van der Waals surface area contributed by atoms with Crippen molar-refractivity contribution >= 4 is 27.8 Å². The van der Waals surface area contributed by atoms with Gasteiger partial charge in [0.2, 0.25) is 0 Å². The van der Waals surface area contributed by atoms with Crippen molar-refractivity contribution in [2.75, 3.05) is 11.4 Å². The molecular weight excluding hydrogens is 260 g/mol. The second-order valence-electron chi connectivity index (χ2n) is 3.67. The molecule has 5 heteroatoms. The van der Waals surface area contributed by atoms with Gasteiger partial charge in [0.1, 0.15) is 5.82 Å². The van der Waals surface area contributed by atoms with E-state index in [0.717, 1.165) is 17.3 Å². The standard InChI is InChI=1S/C10H11BrN2O2/c11-8-3-4-9(12-5-8)13(10(14)15)6-7-1-2-7/h3-5,7H,1-2,6H2,(H,14,15). The number of rotatable bonds is 3. The lowest BCUT2D eigenvalue weighted by Crippen LogP contribution is -2.31. The Morgan fingerprint density at radius 2 is 2.33 bits per heavy atom. The van der Waals surface area contributed by atoms with Crippen LogP contribution in [0.4, 0.5) is 10.6 Å². The molecule has 0 saturated heterocycles. The molecule has 1 heterocycles. The van der Waals surface area contributed by atoms with Gasteiger partial charge in [0.05, 0.1) is 0 Å². The lowest BCUT2D eigenvalue weighted by Gasteiger charge is -2.17. The lowest BCUT2D eigenvalue weighted by atomic mass is 10.3. The fourth-order valence-corrected chi connectivity index (χ4v) is 1.59. The van der Waals surface area contributed by atoms with Crippen LogP contribution < -0.4 is 4.90 Å². The summed E-state index contributed by atoms with van der Waals surface area (Å²) >= 11 is 3.27. The highest BCUT2D eigenvalue weighted by atomic mass is 79.9. The SMILES string of the molecule is O=C(O)N(CC1CC1)c1ccc(Br)cn1. The highest BCUT2D eigenvalue weighted by Gasteiger charge is 2.27. The molecule has 0 radical (unpaired) electrons. The number of nitrogens with zero attached hydrogens (tertiary/aromatic N) is 2. The van der Waals surface area contributed by atoms with Gasteiger partial charge < -0.3 is 5.11 Å². The molecule has 1 aliphatic carbocycles. The second kappa shape index (κ2) is 4.18. The maximum Gasteiger partial charge on any atom is 0.413 e. The fourth-order valence-electron chi connectivity index (χ4n) is 1.36. The van der Waals surface area contributed by atoms with Crippen LogP contribution in [0.3, 0.4) is 0 Å². The Kier molecular flexibility index (Phi) is 2.90. The van der Waals surface area contributed by atoms with Gasteiger partial charge in [0.15, 0.2) is 0 Å². The van der Waals surface area contributed by atoms with Crippen molar-refractivity contribution in [3.05, 3.63) is 22.8 Å². The van der Waals surface area contributed by atoms with E-state index in [1.807, 2.05) is 0 Å². The van der Waals surface area contributed by atoms with Crippen molar-refractivity contribution in [1.29, 1.82) is 0 Å². The van der Waals surface area contributed by atoms with Crippen molar-refractivity contribution in [2.24, 2.45) is 5.92 Å². The Balaban J connectivity index is 2.15. The first-order valence-electron chi connectivity index (χ1n) is 4.79. The molecule has 1 fully saturated rings. The Bertz CT molecular complexity index is 362. The summed E-state index contributed by atoms with van der Waals surface area (Å²) in [5, 5.41) is 9.05. The van der Waals surface area contributed by atoms with Gasteiger partial charge in [0, 0.05) is 17.2 Å². The van der Waals surface area contributed by atoms with Crippen LogP contribution in [0.25, 0.3) is 0 Å². The molecule has 0 aromatic carbocycles. The minimum atomic E-state index is -0.934. The van der Waals surface area contributed by atoms with Gasteiger partial charge in [-0.2, -0.15) is 0 Å². The zero-order valence-electron chi connectivity index (χ0n) is 8.06. The van der Waals surface area contributed by atoms with Gasteiger partial charge in [-0.25, -0.2) is 9.78 Å². The molecule has 0 aliphatic heterocycles. The second-order valence-corrected chi connectivity index (χ2v) is 4.59. The number of pyridine rings is 1. The monoisotopic (exact) mass is 270 g/mol. The number of carbonyl (C=O) groups is 1. The molecule has 1 aromatic rings. The van der Waals surface area contributed by atoms with Crippen LogP contribution in [0, 0.1) is 5.92 Å². The van der Waals surface area contributed by atoms with Gasteiger partial charge in [-0.1, -0.05) is 0 Å². The van der Waals surface area contributed by atoms with Gasteiger partial charge in [-0.3, -0.25) is 4.90 Å². The molecule has 0 atom stereocenters. The molecule has 15 heavy (non-hydrogen) atoms. The fraction of sp³-hybridized carbons (Fsp3) is 0.400. The molecule has 1 aromatic heterocycles. The van der Waals surface area contributed by atoms with Gasteiger partial charge in [-0.05, 0) is 46.8 Å². The summed E-state index contributed by atoms with van der Waals surface area (Å²) in [6, 6.07) is 3.51. The predicted molar refractivity (Wildman–Crippen MR) is 60.0 cm³/mol. The number of anilines is 1. The van der Waals surface area contributed by atoms with E-state index < -0.39 is 6.09 Å². The first-order chi connectivity index (χ1) is 7.16. The molecule has 80 valence electrons. The van der Waals surface area contributed by atoms with Crippen molar-refractivity contribution in [3.8, 4) is 0 Å². The zero-order chi connectivity index (χ0) is 10.8. The lowest BCUT2D eigenvalue weighted by molar-refractivity contribution is 0.201. The minimum absolute atomic E-state index is 0.498. The van der Waals surface area contributed by atoms with Crippen LogP contribution in [0.5, 0.6) is 0 Å². The summed E-state index contributed by atoms with van der Waals surface area (Å²) in [6.45, 7) is 0.559. The van der Waals surface area contributed by atoms with Crippen molar-refractivity contribution in [1.82, 2.24) is 4.98 Å². The molecule has 1 amide bonds. The zero-order valence-corrected chi connectivity index (χ0v) is 9.64. The Hall–Kier alpha value is -1.10. The largest absolute Gasteiger partial charge is 0.465 e.